The van der Waals surface area contributed by atoms with E-state index in [-0.39, 0.29) is 11.9 Å². The van der Waals surface area contributed by atoms with Crippen LogP contribution in [-0.4, -0.2) is 11.9 Å². The molecule has 0 aromatic heterocycles. The summed E-state index contributed by atoms with van der Waals surface area (Å²) in [4.78, 5) is 14.8. The van der Waals surface area contributed by atoms with Gasteiger partial charge in [-0.3, -0.25) is 4.79 Å². The summed E-state index contributed by atoms with van der Waals surface area (Å²) in [5.41, 5.74) is 8.97. The first kappa shape index (κ1) is 14.0. The number of fused-ring (bicyclic) bond motifs is 1. The zero-order chi connectivity index (χ0) is 15.0. The maximum atomic E-state index is 12.9. The van der Waals surface area contributed by atoms with E-state index >= 15 is 0 Å². The number of nitrogen functional groups attached to an aromatic ring is 1. The van der Waals surface area contributed by atoms with Crippen molar-refractivity contribution in [2.75, 3.05) is 10.6 Å². The predicted molar refractivity (Wildman–Crippen MR) is 86.9 cm³/mol. The van der Waals surface area contributed by atoms with Gasteiger partial charge in [0.1, 0.15) is 0 Å². The molecular weight excluding hydrogens is 284 g/mol. The maximum Gasteiger partial charge on any atom is 0.260 e. The van der Waals surface area contributed by atoms with Crippen LogP contribution in [0.4, 0.5) is 11.4 Å². The third kappa shape index (κ3) is 2.49. The third-order valence-corrected chi connectivity index (χ3v) is 4.29. The minimum atomic E-state index is -0.0908. The summed E-state index contributed by atoms with van der Waals surface area (Å²) in [6.07, 6.45) is 1.94. The van der Waals surface area contributed by atoms with E-state index in [2.05, 4.69) is 13.0 Å². The van der Waals surface area contributed by atoms with Crippen molar-refractivity contribution >= 4 is 28.9 Å². The van der Waals surface area contributed by atoms with E-state index in [1.165, 1.54) is 5.56 Å². The Morgan fingerprint density at radius 3 is 2.86 bits per heavy atom. The molecule has 3 rings (SSSR count). The summed E-state index contributed by atoms with van der Waals surface area (Å²) < 4.78 is 0. The molecule has 0 fully saturated rings. The molecule has 2 N–H and O–H groups in total. The van der Waals surface area contributed by atoms with Crippen molar-refractivity contribution in [1.82, 2.24) is 0 Å². The summed E-state index contributed by atoms with van der Waals surface area (Å²) in [7, 11) is 0. The number of carbonyl (C=O) groups excluding carboxylic acids is 1. The second-order valence-corrected chi connectivity index (χ2v) is 5.84. The first-order valence-electron chi connectivity index (χ1n) is 7.04. The lowest BCUT2D eigenvalue weighted by atomic mass is 9.95. The van der Waals surface area contributed by atoms with Gasteiger partial charge in [0, 0.05) is 17.4 Å². The van der Waals surface area contributed by atoms with Crippen LogP contribution in [0.3, 0.4) is 0 Å². The fraction of sp³-hybridized carbons (Fsp3) is 0.235. The molecule has 4 heteroatoms. The van der Waals surface area contributed by atoms with Crippen LogP contribution >= 0.6 is 11.6 Å². The minimum Gasteiger partial charge on any atom is -0.399 e. The molecule has 21 heavy (non-hydrogen) atoms. The van der Waals surface area contributed by atoms with Crippen LogP contribution in [0.25, 0.3) is 0 Å². The lowest BCUT2D eigenvalue weighted by molar-refractivity contribution is 0.0975. The molecule has 2 aromatic carbocycles. The second kappa shape index (κ2) is 5.41. The van der Waals surface area contributed by atoms with E-state index in [0.717, 1.165) is 18.5 Å². The Bertz CT molecular complexity index is 699. The predicted octanol–water partition coefficient (Wildman–Crippen LogP) is 3.90. The Kier molecular flexibility index (Phi) is 3.60. The van der Waals surface area contributed by atoms with Gasteiger partial charge in [-0.1, -0.05) is 29.8 Å². The van der Waals surface area contributed by atoms with Gasteiger partial charge < -0.3 is 10.6 Å². The number of benzene rings is 2. The molecule has 0 saturated carbocycles. The molecule has 1 aliphatic heterocycles. The van der Waals surface area contributed by atoms with Crippen LogP contribution in [0.1, 0.15) is 29.3 Å². The minimum absolute atomic E-state index is 0.0908. The van der Waals surface area contributed by atoms with Crippen molar-refractivity contribution in [2.24, 2.45) is 0 Å². The zero-order valence-electron chi connectivity index (χ0n) is 11.8. The number of para-hydroxylation sites is 1. The fourth-order valence-electron chi connectivity index (χ4n) is 2.83. The Balaban J connectivity index is 2.07. The van der Waals surface area contributed by atoms with Gasteiger partial charge in [0.15, 0.2) is 0 Å². The summed E-state index contributed by atoms with van der Waals surface area (Å²) in [5.74, 6) is -0.0908. The number of aryl methyl sites for hydroxylation is 1. The number of carbonyl (C=O) groups is 1. The first-order chi connectivity index (χ1) is 10.1. The average Bonchev–Trinajstić information content (AvgIpc) is 2.49. The van der Waals surface area contributed by atoms with Crippen LogP contribution in [0.5, 0.6) is 0 Å². The van der Waals surface area contributed by atoms with Crippen LogP contribution in [0.2, 0.25) is 5.02 Å². The summed E-state index contributed by atoms with van der Waals surface area (Å²) >= 11 is 6.18. The largest absolute Gasteiger partial charge is 0.399 e. The number of halogens is 1. The molecule has 1 aliphatic rings. The normalized spacial score (nSPS) is 17.4. The first-order valence-corrected chi connectivity index (χ1v) is 7.42. The van der Waals surface area contributed by atoms with Crippen molar-refractivity contribution in [2.45, 2.75) is 25.8 Å². The van der Waals surface area contributed by atoms with E-state index in [9.17, 15) is 4.79 Å². The van der Waals surface area contributed by atoms with Crippen molar-refractivity contribution in [3.8, 4) is 0 Å². The molecule has 0 aliphatic carbocycles. The SMILES string of the molecule is CC1CCc2ccccc2N1C(=O)c1cc(N)ccc1Cl. The Hall–Kier alpha value is -2.00. The summed E-state index contributed by atoms with van der Waals surface area (Å²) in [5, 5.41) is 0.435. The van der Waals surface area contributed by atoms with Gasteiger partial charge in [-0.25, -0.2) is 0 Å². The molecule has 0 bridgehead atoms. The number of hydrogen-bond donors (Lipinski definition) is 1. The quantitative estimate of drug-likeness (QED) is 0.812. The fourth-order valence-corrected chi connectivity index (χ4v) is 3.03. The number of anilines is 2. The highest BCUT2D eigenvalue weighted by Gasteiger charge is 2.29. The Morgan fingerprint density at radius 2 is 2.05 bits per heavy atom. The molecule has 1 amide bonds. The molecule has 1 heterocycles. The molecule has 0 radical (unpaired) electrons. The van der Waals surface area contributed by atoms with Crippen molar-refractivity contribution in [1.29, 1.82) is 0 Å². The number of nitrogens with two attached hydrogens (primary N) is 1. The van der Waals surface area contributed by atoms with E-state index in [1.54, 1.807) is 18.2 Å². The topological polar surface area (TPSA) is 46.3 Å². The Labute approximate surface area is 129 Å². The number of amides is 1. The Morgan fingerprint density at radius 1 is 1.29 bits per heavy atom. The van der Waals surface area contributed by atoms with Gasteiger partial charge >= 0.3 is 0 Å². The van der Waals surface area contributed by atoms with Crippen LogP contribution < -0.4 is 10.6 Å². The number of hydrogen-bond acceptors (Lipinski definition) is 2. The van der Waals surface area contributed by atoms with Gasteiger partial charge in [0.2, 0.25) is 0 Å². The van der Waals surface area contributed by atoms with Gasteiger partial charge in [-0.15, -0.1) is 0 Å². The highest BCUT2D eigenvalue weighted by Crippen LogP contribution is 2.33. The zero-order valence-corrected chi connectivity index (χ0v) is 12.6. The van der Waals surface area contributed by atoms with Gasteiger partial charge in [-0.2, -0.15) is 0 Å². The molecule has 1 unspecified atom stereocenters. The van der Waals surface area contributed by atoms with E-state index in [4.69, 9.17) is 17.3 Å². The molecule has 108 valence electrons. The molecule has 3 nitrogen and oxygen atoms in total. The molecule has 0 spiro atoms. The monoisotopic (exact) mass is 300 g/mol. The lowest BCUT2D eigenvalue weighted by Gasteiger charge is -2.35. The van der Waals surface area contributed by atoms with Crippen LogP contribution in [0.15, 0.2) is 42.5 Å². The van der Waals surface area contributed by atoms with Crippen molar-refractivity contribution in [3.05, 3.63) is 58.6 Å². The summed E-state index contributed by atoms with van der Waals surface area (Å²) in [6, 6.07) is 13.2. The number of rotatable bonds is 1. The number of nitrogens with zero attached hydrogens (tertiary/aromatic N) is 1. The van der Waals surface area contributed by atoms with Crippen LogP contribution in [0, 0.1) is 0 Å². The van der Waals surface area contributed by atoms with Gasteiger partial charge in [0.25, 0.3) is 5.91 Å². The molecular formula is C17H17ClN2O. The van der Waals surface area contributed by atoms with E-state index in [1.807, 2.05) is 23.1 Å². The van der Waals surface area contributed by atoms with Gasteiger partial charge in [-0.05, 0) is 49.6 Å². The third-order valence-electron chi connectivity index (χ3n) is 3.96. The smallest absolute Gasteiger partial charge is 0.260 e. The molecule has 1 atom stereocenters. The van der Waals surface area contributed by atoms with E-state index in [0.29, 0.717) is 16.3 Å². The van der Waals surface area contributed by atoms with Crippen molar-refractivity contribution < 1.29 is 4.79 Å². The lowest BCUT2D eigenvalue weighted by Crippen LogP contribution is -2.42. The maximum absolute atomic E-state index is 12.9. The van der Waals surface area contributed by atoms with Crippen LogP contribution in [-0.2, 0) is 6.42 Å². The molecule has 2 aromatic rings. The highest BCUT2D eigenvalue weighted by molar-refractivity contribution is 6.34. The average molecular weight is 301 g/mol. The summed E-state index contributed by atoms with van der Waals surface area (Å²) in [6.45, 7) is 2.06. The van der Waals surface area contributed by atoms with Crippen molar-refractivity contribution in [3.63, 3.8) is 0 Å². The second-order valence-electron chi connectivity index (χ2n) is 5.43. The standard InChI is InChI=1S/C17H17ClN2O/c1-11-6-7-12-4-2-3-5-16(12)20(11)17(21)14-10-13(19)8-9-15(14)18/h2-5,8-11H,6-7,19H2,1H3. The van der Waals surface area contributed by atoms with E-state index < -0.39 is 0 Å². The molecule has 0 saturated heterocycles. The van der Waals surface area contributed by atoms with Gasteiger partial charge in [0.05, 0.1) is 10.6 Å². The highest BCUT2D eigenvalue weighted by atomic mass is 35.5.